The molecular weight excluding hydrogens is 380 g/mol. The highest BCUT2D eigenvalue weighted by molar-refractivity contribution is 5.94. The summed E-state index contributed by atoms with van der Waals surface area (Å²) in [5.74, 6) is 1.58. The Morgan fingerprint density at radius 2 is 1.80 bits per heavy atom. The van der Waals surface area contributed by atoms with Gasteiger partial charge in [0.05, 0.1) is 29.8 Å². The van der Waals surface area contributed by atoms with Gasteiger partial charge in [-0.15, -0.1) is 0 Å². The molecule has 1 saturated carbocycles. The number of anilines is 1. The zero-order chi connectivity index (χ0) is 20.5. The molecule has 1 aliphatic heterocycles. The second-order valence-electron chi connectivity index (χ2n) is 7.98. The first kappa shape index (κ1) is 18.7. The molecule has 0 spiro atoms. The van der Waals surface area contributed by atoms with Gasteiger partial charge in [0, 0.05) is 31.4 Å². The minimum Gasteiger partial charge on any atom is -0.442 e. The van der Waals surface area contributed by atoms with Gasteiger partial charge in [0.2, 0.25) is 0 Å². The summed E-state index contributed by atoms with van der Waals surface area (Å²) in [6.45, 7) is 3.69. The lowest BCUT2D eigenvalue weighted by Crippen LogP contribution is -2.48. The van der Waals surface area contributed by atoms with Gasteiger partial charge in [0.1, 0.15) is 11.5 Å². The van der Waals surface area contributed by atoms with Crippen LogP contribution in [0.5, 0.6) is 0 Å². The van der Waals surface area contributed by atoms with Crippen molar-refractivity contribution >= 4 is 11.7 Å². The molecule has 0 radical (unpaired) electrons. The number of nitrogens with zero attached hydrogens (tertiary/aromatic N) is 6. The molecule has 1 aliphatic carbocycles. The van der Waals surface area contributed by atoms with Gasteiger partial charge >= 0.3 is 0 Å². The van der Waals surface area contributed by atoms with Crippen LogP contribution < -0.4 is 4.90 Å². The van der Waals surface area contributed by atoms with Gasteiger partial charge in [-0.05, 0) is 44.7 Å². The summed E-state index contributed by atoms with van der Waals surface area (Å²) in [7, 11) is 0. The molecule has 3 aromatic heterocycles. The Hall–Kier alpha value is -3.29. The molecule has 8 nitrogen and oxygen atoms in total. The van der Waals surface area contributed by atoms with E-state index in [-0.39, 0.29) is 11.9 Å². The molecule has 0 unspecified atom stereocenters. The lowest BCUT2D eigenvalue weighted by molar-refractivity contribution is 0.0630. The SMILES string of the molecule is Cc1cnc(N2CCC(N(C(=O)c3ccc(-c4cnco4)nc3)C3CC3)CC2)cn1. The van der Waals surface area contributed by atoms with E-state index in [1.807, 2.05) is 25.3 Å². The molecule has 1 amide bonds. The van der Waals surface area contributed by atoms with Crippen LogP contribution in [0.15, 0.2) is 47.7 Å². The van der Waals surface area contributed by atoms with E-state index < -0.39 is 0 Å². The second-order valence-corrected chi connectivity index (χ2v) is 7.98. The molecule has 3 aromatic rings. The van der Waals surface area contributed by atoms with Gasteiger partial charge in [-0.3, -0.25) is 14.8 Å². The number of carbonyl (C=O) groups is 1. The Balaban J connectivity index is 1.28. The van der Waals surface area contributed by atoms with E-state index in [2.05, 4.69) is 29.7 Å². The van der Waals surface area contributed by atoms with Crippen LogP contribution in [0.3, 0.4) is 0 Å². The van der Waals surface area contributed by atoms with Crippen molar-refractivity contribution in [3.05, 3.63) is 54.6 Å². The summed E-state index contributed by atoms with van der Waals surface area (Å²) < 4.78 is 5.28. The molecule has 2 fully saturated rings. The number of rotatable bonds is 5. The number of aryl methyl sites for hydroxylation is 1. The fourth-order valence-electron chi connectivity index (χ4n) is 4.06. The van der Waals surface area contributed by atoms with Crippen LogP contribution in [0.25, 0.3) is 11.5 Å². The number of aromatic nitrogens is 4. The Labute approximate surface area is 175 Å². The third-order valence-electron chi connectivity index (χ3n) is 5.82. The first-order valence-electron chi connectivity index (χ1n) is 10.4. The van der Waals surface area contributed by atoms with Gasteiger partial charge in [0.25, 0.3) is 5.91 Å². The van der Waals surface area contributed by atoms with Gasteiger partial charge in [-0.2, -0.15) is 0 Å². The van der Waals surface area contributed by atoms with Crippen LogP contribution in [0.2, 0.25) is 0 Å². The number of oxazole rings is 1. The lowest BCUT2D eigenvalue weighted by Gasteiger charge is -2.39. The summed E-state index contributed by atoms with van der Waals surface area (Å²) in [5.41, 5.74) is 2.22. The minimum absolute atomic E-state index is 0.0719. The summed E-state index contributed by atoms with van der Waals surface area (Å²) >= 11 is 0. The Morgan fingerprint density at radius 3 is 2.40 bits per heavy atom. The number of pyridine rings is 1. The maximum Gasteiger partial charge on any atom is 0.255 e. The van der Waals surface area contributed by atoms with E-state index in [1.54, 1.807) is 18.6 Å². The largest absolute Gasteiger partial charge is 0.442 e. The standard InChI is InChI=1S/C22H24N6O2/c1-15-10-26-21(13-24-15)27-8-6-18(7-9-27)28(17-3-4-17)22(29)16-2-5-19(25-11-16)20-12-23-14-30-20/h2,5,10-14,17-18H,3-4,6-9H2,1H3. The van der Waals surface area contributed by atoms with Crippen LogP contribution in [-0.2, 0) is 0 Å². The highest BCUT2D eigenvalue weighted by Crippen LogP contribution is 2.34. The number of amides is 1. The maximum atomic E-state index is 13.3. The van der Waals surface area contributed by atoms with Crippen LogP contribution in [0.4, 0.5) is 5.82 Å². The molecule has 0 aromatic carbocycles. The van der Waals surface area contributed by atoms with Gasteiger partial charge in [-0.25, -0.2) is 9.97 Å². The van der Waals surface area contributed by atoms with Gasteiger partial charge in [-0.1, -0.05) is 0 Å². The van der Waals surface area contributed by atoms with E-state index in [4.69, 9.17) is 4.42 Å². The van der Waals surface area contributed by atoms with Crippen LogP contribution >= 0.6 is 0 Å². The van der Waals surface area contributed by atoms with E-state index in [0.29, 0.717) is 23.1 Å². The summed E-state index contributed by atoms with van der Waals surface area (Å²) in [6, 6.07) is 4.24. The molecule has 30 heavy (non-hydrogen) atoms. The quantitative estimate of drug-likeness (QED) is 0.645. The zero-order valence-corrected chi connectivity index (χ0v) is 16.9. The predicted octanol–water partition coefficient (Wildman–Crippen LogP) is 3.11. The topological polar surface area (TPSA) is 88.3 Å². The lowest BCUT2D eigenvalue weighted by atomic mass is 10.0. The zero-order valence-electron chi connectivity index (χ0n) is 16.9. The third-order valence-corrected chi connectivity index (χ3v) is 5.82. The predicted molar refractivity (Wildman–Crippen MR) is 111 cm³/mol. The van der Waals surface area contributed by atoms with Crippen molar-refractivity contribution in [1.82, 2.24) is 24.8 Å². The van der Waals surface area contributed by atoms with Gasteiger partial charge in [0.15, 0.2) is 12.2 Å². The Kier molecular flexibility index (Phi) is 4.90. The van der Waals surface area contributed by atoms with Crippen molar-refractivity contribution in [2.45, 2.75) is 44.7 Å². The maximum absolute atomic E-state index is 13.3. The van der Waals surface area contributed by atoms with Crippen molar-refractivity contribution in [3.8, 4) is 11.5 Å². The molecule has 0 N–H and O–H groups in total. The highest BCUT2D eigenvalue weighted by atomic mass is 16.3. The van der Waals surface area contributed by atoms with E-state index in [9.17, 15) is 4.79 Å². The van der Waals surface area contributed by atoms with Crippen LogP contribution in [0.1, 0.15) is 41.7 Å². The molecular formula is C22H24N6O2. The number of hydrogen-bond donors (Lipinski definition) is 0. The van der Waals surface area contributed by atoms with E-state index in [1.165, 1.54) is 6.39 Å². The molecule has 0 bridgehead atoms. The average molecular weight is 404 g/mol. The number of hydrogen-bond acceptors (Lipinski definition) is 7. The van der Waals surface area contributed by atoms with Crippen molar-refractivity contribution in [1.29, 1.82) is 0 Å². The monoisotopic (exact) mass is 404 g/mol. The summed E-state index contributed by atoms with van der Waals surface area (Å²) in [5, 5.41) is 0. The molecule has 4 heterocycles. The van der Waals surface area contributed by atoms with Crippen molar-refractivity contribution < 1.29 is 9.21 Å². The fraction of sp³-hybridized carbons (Fsp3) is 0.409. The Bertz CT molecular complexity index is 991. The average Bonchev–Trinajstić information content (AvgIpc) is 3.46. The van der Waals surface area contributed by atoms with Crippen molar-refractivity contribution in [2.75, 3.05) is 18.0 Å². The Morgan fingerprint density at radius 1 is 1.00 bits per heavy atom. The fourth-order valence-corrected chi connectivity index (χ4v) is 4.06. The first-order valence-corrected chi connectivity index (χ1v) is 10.4. The molecule has 0 atom stereocenters. The highest BCUT2D eigenvalue weighted by Gasteiger charge is 2.39. The second kappa shape index (κ2) is 7.85. The smallest absolute Gasteiger partial charge is 0.255 e. The van der Waals surface area contributed by atoms with Crippen molar-refractivity contribution in [2.24, 2.45) is 0 Å². The van der Waals surface area contributed by atoms with Crippen molar-refractivity contribution in [3.63, 3.8) is 0 Å². The third kappa shape index (κ3) is 3.77. The molecule has 1 saturated heterocycles. The normalized spacial score (nSPS) is 17.2. The van der Waals surface area contributed by atoms with Crippen LogP contribution in [-0.4, -0.2) is 55.9 Å². The summed E-state index contributed by atoms with van der Waals surface area (Å²) in [4.78, 5) is 34.8. The molecule has 8 heteroatoms. The number of carbonyl (C=O) groups excluding carboxylic acids is 1. The van der Waals surface area contributed by atoms with E-state index >= 15 is 0 Å². The first-order chi connectivity index (χ1) is 14.7. The number of piperidine rings is 1. The van der Waals surface area contributed by atoms with Gasteiger partial charge < -0.3 is 14.2 Å². The van der Waals surface area contributed by atoms with Crippen LogP contribution in [0, 0.1) is 6.92 Å². The molecule has 2 aliphatic rings. The molecule has 5 rings (SSSR count). The minimum atomic E-state index is 0.0719. The summed E-state index contributed by atoms with van der Waals surface area (Å²) in [6.07, 6.45) is 12.3. The molecule has 154 valence electrons. The van der Waals surface area contributed by atoms with E-state index in [0.717, 1.165) is 50.3 Å².